The zero-order chi connectivity index (χ0) is 29.8. The maximum Gasteiger partial charge on any atom is 0.340 e. The maximum atomic E-state index is 13.9. The highest BCUT2D eigenvalue weighted by molar-refractivity contribution is 7.14. The van der Waals surface area contributed by atoms with Crippen molar-refractivity contribution in [1.82, 2.24) is 14.9 Å². The molecule has 218 valence electrons. The number of carbonyl (C=O) groups excluding carboxylic acids is 2. The molecule has 1 unspecified atom stereocenters. The highest BCUT2D eigenvalue weighted by Gasteiger charge is 2.30. The van der Waals surface area contributed by atoms with Gasteiger partial charge in [0.1, 0.15) is 5.75 Å². The molecule has 9 heteroatoms. The van der Waals surface area contributed by atoms with Gasteiger partial charge in [0.15, 0.2) is 11.2 Å². The molecule has 0 fully saturated rings. The third-order valence-corrected chi connectivity index (χ3v) is 8.37. The van der Waals surface area contributed by atoms with Crippen LogP contribution in [0, 0.1) is 0 Å². The van der Waals surface area contributed by atoms with Gasteiger partial charge in [-0.1, -0.05) is 67.6 Å². The molecule has 1 aliphatic rings. The Morgan fingerprint density at radius 1 is 1.00 bits per heavy atom. The van der Waals surface area contributed by atoms with E-state index in [2.05, 4.69) is 27.3 Å². The highest BCUT2D eigenvalue weighted by Crippen LogP contribution is 2.33. The predicted octanol–water partition coefficient (Wildman–Crippen LogP) is 6.50. The number of thiazole rings is 1. The second kappa shape index (κ2) is 12.7. The van der Waals surface area contributed by atoms with Crippen LogP contribution in [0.1, 0.15) is 40.5 Å². The molecular weight excluding hydrogens is 560 g/mol. The van der Waals surface area contributed by atoms with Gasteiger partial charge < -0.3 is 9.47 Å². The molecule has 5 aromatic rings. The summed E-state index contributed by atoms with van der Waals surface area (Å²) in [7, 11) is 1.61. The Hall–Kier alpha value is -4.60. The summed E-state index contributed by atoms with van der Waals surface area (Å²) in [6.07, 6.45) is 0.0507. The number of para-hydroxylation sites is 2. The van der Waals surface area contributed by atoms with Crippen LogP contribution in [0.5, 0.6) is 5.75 Å². The standard InChI is InChI=1S/C34H32N4O4S/c1-3-29(32(39)37-34-36-28(21-43-34)23-13-8-10-16-30(23)41-2)42-33(40)31-24-14-7-9-15-26(24)35-27-17-18-38(20-25(27)31)19-22-11-5-4-6-12-22/h4-16,21,29H,3,17-20H2,1-2H3,(H,36,37,39). The van der Waals surface area contributed by atoms with Crippen LogP contribution in [-0.2, 0) is 29.0 Å². The minimum absolute atomic E-state index is 0.313. The summed E-state index contributed by atoms with van der Waals surface area (Å²) in [6, 6.07) is 25.5. The van der Waals surface area contributed by atoms with Gasteiger partial charge in [0.2, 0.25) is 0 Å². The minimum Gasteiger partial charge on any atom is -0.496 e. The lowest BCUT2D eigenvalue weighted by Gasteiger charge is -2.30. The molecule has 1 amide bonds. The molecule has 0 saturated heterocycles. The SMILES string of the molecule is CCC(OC(=O)c1c2c(nc3ccccc13)CCN(Cc1ccccc1)C2)C(=O)Nc1nc(-c2ccccc2OC)cs1. The Kier molecular flexibility index (Phi) is 8.44. The lowest BCUT2D eigenvalue weighted by molar-refractivity contribution is -0.124. The van der Waals surface area contributed by atoms with Crippen LogP contribution in [0.4, 0.5) is 5.13 Å². The number of anilines is 1. The molecule has 0 saturated carbocycles. The van der Waals surface area contributed by atoms with Crippen molar-refractivity contribution in [3.05, 3.63) is 107 Å². The Morgan fingerprint density at radius 2 is 1.77 bits per heavy atom. The number of esters is 1. The first-order valence-corrected chi connectivity index (χ1v) is 15.2. The van der Waals surface area contributed by atoms with E-state index < -0.39 is 18.0 Å². The molecule has 0 aliphatic carbocycles. The van der Waals surface area contributed by atoms with Gasteiger partial charge in [0.05, 0.1) is 23.9 Å². The van der Waals surface area contributed by atoms with Crippen LogP contribution >= 0.6 is 11.3 Å². The lowest BCUT2D eigenvalue weighted by atomic mass is 9.95. The quantitative estimate of drug-likeness (QED) is 0.195. The molecule has 6 rings (SSSR count). The summed E-state index contributed by atoms with van der Waals surface area (Å²) in [5.41, 5.74) is 5.73. The molecule has 1 aliphatic heterocycles. The fraction of sp³-hybridized carbons (Fsp3) is 0.235. The molecule has 0 bridgehead atoms. The van der Waals surface area contributed by atoms with Gasteiger partial charge in [-0.3, -0.25) is 20.0 Å². The topological polar surface area (TPSA) is 93.7 Å². The van der Waals surface area contributed by atoms with E-state index in [0.29, 0.717) is 35.1 Å². The van der Waals surface area contributed by atoms with Crippen LogP contribution in [0.3, 0.4) is 0 Å². The third-order valence-electron chi connectivity index (χ3n) is 7.61. The van der Waals surface area contributed by atoms with Crippen LogP contribution in [0.25, 0.3) is 22.2 Å². The van der Waals surface area contributed by atoms with Crippen molar-refractivity contribution in [1.29, 1.82) is 0 Å². The van der Waals surface area contributed by atoms with Crippen molar-refractivity contribution >= 4 is 39.2 Å². The molecule has 8 nitrogen and oxygen atoms in total. The van der Waals surface area contributed by atoms with E-state index in [0.717, 1.165) is 47.2 Å². The Labute approximate surface area is 254 Å². The van der Waals surface area contributed by atoms with E-state index >= 15 is 0 Å². The van der Waals surface area contributed by atoms with Crippen molar-refractivity contribution in [2.45, 2.75) is 39.0 Å². The number of carbonyl (C=O) groups is 2. The molecular formula is C34H32N4O4S. The van der Waals surface area contributed by atoms with E-state index in [1.54, 1.807) is 7.11 Å². The van der Waals surface area contributed by atoms with E-state index in [-0.39, 0.29) is 0 Å². The molecule has 2 aromatic heterocycles. The van der Waals surface area contributed by atoms with Gasteiger partial charge in [-0.15, -0.1) is 11.3 Å². The van der Waals surface area contributed by atoms with Crippen LogP contribution in [0.2, 0.25) is 0 Å². The zero-order valence-corrected chi connectivity index (χ0v) is 24.9. The largest absolute Gasteiger partial charge is 0.496 e. The molecule has 3 heterocycles. The number of ether oxygens (including phenoxy) is 2. The number of nitrogens with one attached hydrogen (secondary N) is 1. The normalized spacial score (nSPS) is 13.7. The average molecular weight is 593 g/mol. The molecule has 43 heavy (non-hydrogen) atoms. The number of methoxy groups -OCH3 is 1. The first-order valence-electron chi connectivity index (χ1n) is 14.3. The monoisotopic (exact) mass is 592 g/mol. The van der Waals surface area contributed by atoms with Crippen LogP contribution in [-0.4, -0.2) is 46.5 Å². The van der Waals surface area contributed by atoms with Crippen molar-refractivity contribution in [2.75, 3.05) is 19.0 Å². The summed E-state index contributed by atoms with van der Waals surface area (Å²) in [5, 5.41) is 5.85. The Balaban J connectivity index is 1.23. The fourth-order valence-corrected chi connectivity index (χ4v) is 6.18. The summed E-state index contributed by atoms with van der Waals surface area (Å²) in [4.78, 5) is 39.0. The van der Waals surface area contributed by atoms with Gasteiger partial charge >= 0.3 is 5.97 Å². The third kappa shape index (κ3) is 6.14. The molecule has 0 radical (unpaired) electrons. The first kappa shape index (κ1) is 28.5. The van der Waals surface area contributed by atoms with Gasteiger partial charge in [-0.05, 0) is 30.2 Å². The molecule has 3 aromatic carbocycles. The number of aromatic nitrogens is 2. The van der Waals surface area contributed by atoms with Crippen molar-refractivity contribution < 1.29 is 19.1 Å². The number of hydrogen-bond acceptors (Lipinski definition) is 8. The van der Waals surface area contributed by atoms with E-state index in [9.17, 15) is 9.59 Å². The van der Waals surface area contributed by atoms with E-state index in [1.165, 1.54) is 16.9 Å². The smallest absolute Gasteiger partial charge is 0.340 e. The van der Waals surface area contributed by atoms with E-state index in [1.807, 2.05) is 79.0 Å². The number of fused-ring (bicyclic) bond motifs is 2. The van der Waals surface area contributed by atoms with Crippen molar-refractivity contribution in [2.24, 2.45) is 0 Å². The number of rotatable bonds is 9. The number of amides is 1. The molecule has 0 spiro atoms. The summed E-state index contributed by atoms with van der Waals surface area (Å²) in [5.74, 6) is -0.247. The van der Waals surface area contributed by atoms with Gasteiger partial charge in [-0.25, -0.2) is 9.78 Å². The van der Waals surface area contributed by atoms with Crippen LogP contribution in [0.15, 0.2) is 84.2 Å². The zero-order valence-electron chi connectivity index (χ0n) is 24.1. The number of hydrogen-bond donors (Lipinski definition) is 1. The summed E-state index contributed by atoms with van der Waals surface area (Å²) >= 11 is 1.30. The van der Waals surface area contributed by atoms with Gasteiger partial charge in [0, 0.05) is 53.6 Å². The molecule has 1 N–H and O–H groups in total. The van der Waals surface area contributed by atoms with Gasteiger partial charge in [-0.2, -0.15) is 0 Å². The second-order valence-corrected chi connectivity index (χ2v) is 11.3. The Morgan fingerprint density at radius 3 is 2.58 bits per heavy atom. The fourth-order valence-electron chi connectivity index (χ4n) is 5.46. The first-order chi connectivity index (χ1) is 21.0. The van der Waals surface area contributed by atoms with Gasteiger partial charge in [0.25, 0.3) is 5.91 Å². The maximum absolute atomic E-state index is 13.9. The van der Waals surface area contributed by atoms with E-state index in [4.69, 9.17) is 14.5 Å². The average Bonchev–Trinajstić information content (AvgIpc) is 3.51. The van der Waals surface area contributed by atoms with Crippen molar-refractivity contribution in [3.8, 4) is 17.0 Å². The molecule has 1 atom stereocenters. The van der Waals surface area contributed by atoms with Crippen LogP contribution < -0.4 is 10.1 Å². The number of nitrogens with zero attached hydrogens (tertiary/aromatic N) is 3. The predicted molar refractivity (Wildman–Crippen MR) is 168 cm³/mol. The van der Waals surface area contributed by atoms with Crippen molar-refractivity contribution in [3.63, 3.8) is 0 Å². The minimum atomic E-state index is -0.988. The highest BCUT2D eigenvalue weighted by atomic mass is 32.1. The Bertz CT molecular complexity index is 1770. The summed E-state index contributed by atoms with van der Waals surface area (Å²) < 4.78 is 11.4. The lowest BCUT2D eigenvalue weighted by Crippen LogP contribution is -2.34. The number of pyridine rings is 1. The second-order valence-electron chi connectivity index (χ2n) is 10.4. The summed E-state index contributed by atoms with van der Waals surface area (Å²) in [6.45, 7) is 4.00. The number of benzene rings is 3.